The topological polar surface area (TPSA) is 52.3 Å². The van der Waals surface area contributed by atoms with Crippen LogP contribution in [0.4, 0.5) is 10.1 Å². The van der Waals surface area contributed by atoms with Crippen LogP contribution in [0.15, 0.2) is 45.8 Å². The van der Waals surface area contributed by atoms with Crippen molar-refractivity contribution in [3.8, 4) is 5.75 Å². The number of anilines is 1. The summed E-state index contributed by atoms with van der Waals surface area (Å²) in [6.07, 6.45) is 0. The van der Waals surface area contributed by atoms with Gasteiger partial charge in [0.05, 0.1) is 28.6 Å². The Morgan fingerprint density at radius 1 is 1.30 bits per heavy atom. The molecule has 3 nitrogen and oxygen atoms in total. The van der Waals surface area contributed by atoms with E-state index in [0.717, 1.165) is 4.47 Å². The van der Waals surface area contributed by atoms with Gasteiger partial charge in [-0.3, -0.25) is 4.21 Å². The molecule has 0 heterocycles. The standard InChI is InChI=1S/C14H13BrFNO2S/c1-19-13-4-2-9(6-11(13)16)8-20(18)14-5-3-10(15)7-12(14)17/h2-7H,8,17H2,1H3. The van der Waals surface area contributed by atoms with Gasteiger partial charge in [-0.05, 0) is 35.9 Å². The van der Waals surface area contributed by atoms with Crippen LogP contribution in [-0.4, -0.2) is 11.3 Å². The Morgan fingerprint density at radius 3 is 2.65 bits per heavy atom. The van der Waals surface area contributed by atoms with Crippen LogP contribution in [0.3, 0.4) is 0 Å². The highest BCUT2D eigenvalue weighted by Crippen LogP contribution is 2.24. The second kappa shape index (κ2) is 6.37. The number of benzene rings is 2. The monoisotopic (exact) mass is 357 g/mol. The number of nitrogens with two attached hydrogens (primary N) is 1. The van der Waals surface area contributed by atoms with Crippen molar-refractivity contribution in [1.29, 1.82) is 0 Å². The van der Waals surface area contributed by atoms with Gasteiger partial charge in [-0.15, -0.1) is 0 Å². The van der Waals surface area contributed by atoms with Gasteiger partial charge in [0.1, 0.15) is 0 Å². The van der Waals surface area contributed by atoms with Gasteiger partial charge in [0.25, 0.3) is 0 Å². The predicted octanol–water partition coefficient (Wildman–Crippen LogP) is 3.49. The molecule has 0 bridgehead atoms. The van der Waals surface area contributed by atoms with Gasteiger partial charge in [-0.1, -0.05) is 22.0 Å². The Hall–Kier alpha value is -1.40. The van der Waals surface area contributed by atoms with Crippen molar-refractivity contribution in [3.05, 3.63) is 52.3 Å². The summed E-state index contributed by atoms with van der Waals surface area (Å²) in [5, 5.41) is 0. The Morgan fingerprint density at radius 2 is 2.05 bits per heavy atom. The smallest absolute Gasteiger partial charge is 0.165 e. The maximum Gasteiger partial charge on any atom is 0.165 e. The maximum absolute atomic E-state index is 13.6. The summed E-state index contributed by atoms with van der Waals surface area (Å²) in [5.41, 5.74) is 6.91. The molecule has 0 spiro atoms. The zero-order chi connectivity index (χ0) is 14.7. The molecule has 20 heavy (non-hydrogen) atoms. The average Bonchev–Trinajstić information content (AvgIpc) is 2.38. The van der Waals surface area contributed by atoms with Gasteiger partial charge < -0.3 is 10.5 Å². The molecule has 0 aromatic heterocycles. The lowest BCUT2D eigenvalue weighted by atomic mass is 10.2. The van der Waals surface area contributed by atoms with Gasteiger partial charge in [-0.2, -0.15) is 0 Å². The third-order valence-corrected chi connectivity index (χ3v) is 4.68. The second-order valence-corrected chi connectivity index (χ2v) is 6.48. The first kappa shape index (κ1) is 15.0. The third-order valence-electron chi connectivity index (χ3n) is 2.73. The highest BCUT2D eigenvalue weighted by molar-refractivity contribution is 9.10. The van der Waals surface area contributed by atoms with Crippen molar-refractivity contribution in [1.82, 2.24) is 0 Å². The summed E-state index contributed by atoms with van der Waals surface area (Å²) >= 11 is 3.30. The Kier molecular flexibility index (Phi) is 4.77. The second-order valence-electron chi connectivity index (χ2n) is 4.14. The molecular weight excluding hydrogens is 345 g/mol. The highest BCUT2D eigenvalue weighted by atomic mass is 79.9. The Labute approximate surface area is 127 Å². The molecule has 0 saturated carbocycles. The van der Waals surface area contributed by atoms with Crippen molar-refractivity contribution in [2.45, 2.75) is 10.6 Å². The van der Waals surface area contributed by atoms with Crippen molar-refractivity contribution < 1.29 is 13.3 Å². The number of hydrogen-bond donors (Lipinski definition) is 1. The molecule has 0 saturated heterocycles. The summed E-state index contributed by atoms with van der Waals surface area (Å²) in [5.74, 6) is -0.0966. The van der Waals surface area contributed by atoms with E-state index in [0.29, 0.717) is 16.1 Å². The van der Waals surface area contributed by atoms with Crippen LogP contribution in [0.5, 0.6) is 5.75 Å². The number of ether oxygens (including phenoxy) is 1. The van der Waals surface area contributed by atoms with Gasteiger partial charge in [0.2, 0.25) is 0 Å². The molecule has 6 heteroatoms. The Balaban J connectivity index is 2.21. The summed E-state index contributed by atoms with van der Waals surface area (Å²) in [4.78, 5) is 0.546. The molecule has 0 aliphatic heterocycles. The van der Waals surface area contributed by atoms with Crippen LogP contribution in [0.1, 0.15) is 5.56 Å². The van der Waals surface area contributed by atoms with Crippen LogP contribution in [0.2, 0.25) is 0 Å². The first-order valence-electron chi connectivity index (χ1n) is 5.77. The third kappa shape index (κ3) is 3.37. The molecule has 2 aromatic rings. The highest BCUT2D eigenvalue weighted by Gasteiger charge is 2.11. The van der Waals surface area contributed by atoms with Crippen molar-refractivity contribution in [2.24, 2.45) is 0 Å². The molecule has 0 aliphatic carbocycles. The fraction of sp³-hybridized carbons (Fsp3) is 0.143. The minimum absolute atomic E-state index is 0.169. The van der Waals surface area contributed by atoms with Gasteiger partial charge in [0.15, 0.2) is 11.6 Å². The molecule has 0 aliphatic rings. The molecule has 0 radical (unpaired) electrons. The summed E-state index contributed by atoms with van der Waals surface area (Å²) in [6.45, 7) is 0. The average molecular weight is 358 g/mol. The first-order chi connectivity index (χ1) is 9.51. The largest absolute Gasteiger partial charge is 0.494 e. The lowest BCUT2D eigenvalue weighted by molar-refractivity contribution is 0.386. The first-order valence-corrected chi connectivity index (χ1v) is 7.88. The molecule has 2 rings (SSSR count). The normalized spacial score (nSPS) is 12.2. The van der Waals surface area contributed by atoms with Crippen LogP contribution in [-0.2, 0) is 16.6 Å². The summed E-state index contributed by atoms with van der Waals surface area (Å²) < 4.78 is 31.5. The van der Waals surface area contributed by atoms with Crippen LogP contribution < -0.4 is 10.5 Å². The minimum atomic E-state index is -1.32. The molecule has 2 aromatic carbocycles. The number of nitrogen functional groups attached to an aromatic ring is 1. The van der Waals surface area contributed by atoms with Crippen molar-refractivity contribution in [2.75, 3.05) is 12.8 Å². The van der Waals surface area contributed by atoms with Crippen LogP contribution in [0, 0.1) is 5.82 Å². The minimum Gasteiger partial charge on any atom is -0.494 e. The quantitative estimate of drug-likeness (QED) is 0.852. The van der Waals surface area contributed by atoms with E-state index in [1.54, 1.807) is 24.3 Å². The SMILES string of the molecule is COc1ccc(CS(=O)c2ccc(Br)cc2N)cc1F. The van der Waals surface area contributed by atoms with E-state index < -0.39 is 16.6 Å². The van der Waals surface area contributed by atoms with E-state index >= 15 is 0 Å². The maximum atomic E-state index is 13.6. The van der Waals surface area contributed by atoms with E-state index in [1.807, 2.05) is 0 Å². The number of methoxy groups -OCH3 is 1. The lowest BCUT2D eigenvalue weighted by Crippen LogP contribution is -2.01. The molecule has 1 atom stereocenters. The van der Waals surface area contributed by atoms with Crippen molar-refractivity contribution in [3.63, 3.8) is 0 Å². The summed E-state index contributed by atoms with van der Waals surface area (Å²) in [7, 11) is 0.0772. The van der Waals surface area contributed by atoms with Crippen molar-refractivity contribution >= 4 is 32.4 Å². The lowest BCUT2D eigenvalue weighted by Gasteiger charge is -2.08. The molecular formula is C14H13BrFNO2S. The Bertz CT molecular complexity index is 664. The predicted molar refractivity (Wildman–Crippen MR) is 81.6 cm³/mol. The molecule has 106 valence electrons. The fourth-order valence-corrected chi connectivity index (χ4v) is 3.31. The van der Waals surface area contributed by atoms with Gasteiger partial charge in [0, 0.05) is 10.2 Å². The van der Waals surface area contributed by atoms with Crippen LogP contribution >= 0.6 is 15.9 Å². The molecule has 0 amide bonds. The molecule has 1 unspecified atom stereocenters. The van der Waals surface area contributed by atoms with E-state index in [2.05, 4.69) is 15.9 Å². The van der Waals surface area contributed by atoms with E-state index in [1.165, 1.54) is 19.2 Å². The molecule has 2 N–H and O–H groups in total. The molecule has 0 fully saturated rings. The number of rotatable bonds is 4. The van der Waals surface area contributed by atoms with Crippen LogP contribution in [0.25, 0.3) is 0 Å². The number of halogens is 2. The zero-order valence-electron chi connectivity index (χ0n) is 10.7. The number of hydrogen-bond acceptors (Lipinski definition) is 3. The van der Waals surface area contributed by atoms with E-state index in [-0.39, 0.29) is 11.5 Å². The van der Waals surface area contributed by atoms with Gasteiger partial charge in [-0.25, -0.2) is 4.39 Å². The summed E-state index contributed by atoms with van der Waals surface area (Å²) in [6, 6.07) is 9.71. The fourth-order valence-electron chi connectivity index (χ4n) is 1.76. The van der Waals surface area contributed by atoms with E-state index in [4.69, 9.17) is 10.5 Å². The zero-order valence-corrected chi connectivity index (χ0v) is 13.1. The van der Waals surface area contributed by atoms with Gasteiger partial charge >= 0.3 is 0 Å². The van der Waals surface area contributed by atoms with E-state index in [9.17, 15) is 8.60 Å².